The van der Waals surface area contributed by atoms with Crippen molar-refractivity contribution in [2.45, 2.75) is 12.5 Å². The van der Waals surface area contributed by atoms with Crippen LogP contribution >= 0.6 is 11.3 Å². The fraction of sp³-hybridized carbons (Fsp3) is 0.0556. The van der Waals surface area contributed by atoms with Crippen LogP contribution < -0.4 is 0 Å². The minimum Gasteiger partial charge on any atom is -0.315 e. The van der Waals surface area contributed by atoms with E-state index in [0.717, 1.165) is 28.6 Å². The smallest absolute Gasteiger partial charge is 0.161 e. The molecule has 40 heavy (non-hydrogen) atoms. The average Bonchev–Trinajstić information content (AvgIpc) is 3.64. The molecule has 3 nitrogen and oxygen atoms in total. The molecular formula is C36H21N3S. The lowest BCUT2D eigenvalue weighted by atomic mass is 9.89. The van der Waals surface area contributed by atoms with Crippen molar-refractivity contribution in [3.8, 4) is 11.1 Å². The second-order valence-electron chi connectivity index (χ2n) is 11.0. The van der Waals surface area contributed by atoms with Crippen molar-refractivity contribution in [2.24, 2.45) is 0 Å². The molecule has 0 N–H and O–H groups in total. The summed E-state index contributed by atoms with van der Waals surface area (Å²) >= 11 is 1.95. The number of allylic oxidation sites excluding steroid dienone is 1. The molecule has 186 valence electrons. The summed E-state index contributed by atoms with van der Waals surface area (Å²) in [5.41, 5.74) is 11.9. The molecule has 0 amide bonds. The van der Waals surface area contributed by atoms with Gasteiger partial charge in [0.1, 0.15) is 5.52 Å². The maximum absolute atomic E-state index is 5.15. The van der Waals surface area contributed by atoms with Crippen molar-refractivity contribution in [2.75, 3.05) is 0 Å². The standard InChI is InChI=1S/C36H21N3S/c1-2-7-21-16-22(13-12-20(21)6-1)23-14-15-24-28-18-27-25-8-5-9-26-34-36(38-30-11-4-3-10-29(30)37-34)39(35(25)26)31(27)19-33(28)40-32(24)17-23/h1-18,31H,19H2. The number of benzene rings is 5. The minimum absolute atomic E-state index is 0.244. The van der Waals surface area contributed by atoms with Crippen molar-refractivity contribution < 1.29 is 0 Å². The first kappa shape index (κ1) is 21.1. The van der Waals surface area contributed by atoms with Gasteiger partial charge in [-0.05, 0) is 63.4 Å². The Bertz CT molecular complexity index is 2420. The van der Waals surface area contributed by atoms with Crippen LogP contribution in [-0.2, 0) is 6.42 Å². The molecule has 2 aliphatic rings. The first-order chi connectivity index (χ1) is 19.8. The highest BCUT2D eigenvalue weighted by molar-refractivity contribution is 7.19. The Labute approximate surface area is 233 Å². The number of fused-ring (bicyclic) bond motifs is 11. The average molecular weight is 528 g/mol. The van der Waals surface area contributed by atoms with Gasteiger partial charge in [0.15, 0.2) is 5.65 Å². The van der Waals surface area contributed by atoms with E-state index in [2.05, 4.69) is 102 Å². The summed E-state index contributed by atoms with van der Waals surface area (Å²) in [5, 5.41) is 5.12. The lowest BCUT2D eigenvalue weighted by molar-refractivity contribution is 0.672. The Kier molecular flexibility index (Phi) is 3.92. The van der Waals surface area contributed by atoms with E-state index in [1.165, 1.54) is 64.5 Å². The first-order valence-corrected chi connectivity index (χ1v) is 14.6. The third-order valence-corrected chi connectivity index (χ3v) is 10.1. The van der Waals surface area contributed by atoms with Gasteiger partial charge in [-0.2, -0.15) is 0 Å². The highest BCUT2D eigenvalue weighted by Crippen LogP contribution is 2.52. The van der Waals surface area contributed by atoms with Crippen LogP contribution in [0.5, 0.6) is 0 Å². The Morgan fingerprint density at radius 1 is 0.700 bits per heavy atom. The van der Waals surface area contributed by atoms with Crippen molar-refractivity contribution >= 4 is 76.9 Å². The second-order valence-corrected chi connectivity index (χ2v) is 12.1. The monoisotopic (exact) mass is 527 g/mol. The summed E-state index contributed by atoms with van der Waals surface area (Å²) in [6.45, 7) is 0. The van der Waals surface area contributed by atoms with Gasteiger partial charge in [-0.15, -0.1) is 11.3 Å². The molecule has 1 unspecified atom stereocenters. The van der Waals surface area contributed by atoms with Gasteiger partial charge < -0.3 is 4.57 Å². The predicted octanol–water partition coefficient (Wildman–Crippen LogP) is 9.42. The fourth-order valence-corrected chi connectivity index (χ4v) is 8.29. The zero-order valence-electron chi connectivity index (χ0n) is 21.4. The third kappa shape index (κ3) is 2.69. The van der Waals surface area contributed by atoms with E-state index in [4.69, 9.17) is 9.97 Å². The van der Waals surface area contributed by atoms with Crippen LogP contribution in [0.15, 0.2) is 103 Å². The van der Waals surface area contributed by atoms with Gasteiger partial charge in [0, 0.05) is 32.3 Å². The third-order valence-electron chi connectivity index (χ3n) is 8.86. The number of nitrogens with zero attached hydrogens (tertiary/aromatic N) is 3. The van der Waals surface area contributed by atoms with Crippen LogP contribution in [0.4, 0.5) is 0 Å². The molecule has 0 radical (unpaired) electrons. The van der Waals surface area contributed by atoms with E-state index in [1.807, 2.05) is 23.5 Å². The number of para-hydroxylation sites is 3. The largest absolute Gasteiger partial charge is 0.315 e. The first-order valence-electron chi connectivity index (χ1n) is 13.8. The molecule has 3 aromatic heterocycles. The van der Waals surface area contributed by atoms with Crippen LogP contribution in [-0.4, -0.2) is 14.5 Å². The van der Waals surface area contributed by atoms with E-state index in [0.29, 0.717) is 0 Å². The van der Waals surface area contributed by atoms with Crippen molar-refractivity contribution in [1.82, 2.24) is 14.5 Å². The van der Waals surface area contributed by atoms with Gasteiger partial charge in [-0.25, -0.2) is 9.97 Å². The summed E-state index contributed by atoms with van der Waals surface area (Å²) in [6, 6.07) is 37.5. The van der Waals surface area contributed by atoms with Crippen molar-refractivity contribution in [3.63, 3.8) is 0 Å². The fourth-order valence-electron chi connectivity index (χ4n) is 7.03. The van der Waals surface area contributed by atoms with Crippen LogP contribution in [0.3, 0.4) is 0 Å². The normalized spacial score (nSPS) is 15.8. The molecule has 5 aromatic carbocycles. The number of hydrogen-bond donors (Lipinski definition) is 0. The molecule has 0 saturated carbocycles. The quantitative estimate of drug-likeness (QED) is 0.213. The van der Waals surface area contributed by atoms with Crippen molar-refractivity contribution in [3.05, 3.63) is 119 Å². The van der Waals surface area contributed by atoms with E-state index < -0.39 is 0 Å². The lowest BCUT2D eigenvalue weighted by Crippen LogP contribution is -2.12. The van der Waals surface area contributed by atoms with E-state index >= 15 is 0 Å². The Morgan fingerprint density at radius 2 is 1.50 bits per heavy atom. The number of thiophene rings is 1. The summed E-state index contributed by atoms with van der Waals surface area (Å²) in [6.07, 6.45) is 3.44. The molecule has 1 atom stereocenters. The van der Waals surface area contributed by atoms with Gasteiger partial charge in [0.2, 0.25) is 0 Å². The van der Waals surface area contributed by atoms with E-state index in [9.17, 15) is 0 Å². The zero-order chi connectivity index (χ0) is 25.9. The van der Waals surface area contributed by atoms with Gasteiger partial charge >= 0.3 is 0 Å². The summed E-state index contributed by atoms with van der Waals surface area (Å²) < 4.78 is 3.83. The van der Waals surface area contributed by atoms with Crippen LogP contribution in [0, 0.1) is 0 Å². The minimum atomic E-state index is 0.244. The van der Waals surface area contributed by atoms with Crippen LogP contribution in [0.1, 0.15) is 22.0 Å². The molecule has 4 heterocycles. The number of aromatic nitrogens is 3. The highest BCUT2D eigenvalue weighted by atomic mass is 32.1. The molecule has 4 heteroatoms. The van der Waals surface area contributed by atoms with Crippen molar-refractivity contribution in [1.29, 1.82) is 0 Å². The van der Waals surface area contributed by atoms with E-state index in [-0.39, 0.29) is 6.04 Å². The molecule has 0 fully saturated rings. The predicted molar refractivity (Wildman–Crippen MR) is 168 cm³/mol. The topological polar surface area (TPSA) is 30.7 Å². The Hall–Kier alpha value is -4.80. The SMILES string of the molecule is C1=C2c3cccc4c5nc6ccccc6nc5n(c34)C2Cc2sc3cc(-c4ccc5ccccc5c4)ccc3c21. The van der Waals surface area contributed by atoms with Gasteiger partial charge in [0.25, 0.3) is 0 Å². The Balaban J connectivity index is 1.15. The summed E-state index contributed by atoms with van der Waals surface area (Å²) in [4.78, 5) is 11.7. The van der Waals surface area contributed by atoms with Gasteiger partial charge in [-0.3, -0.25) is 0 Å². The molecule has 0 saturated heterocycles. The molecule has 1 aliphatic carbocycles. The summed E-state index contributed by atoms with van der Waals surface area (Å²) in [5.74, 6) is 0. The Morgan fingerprint density at radius 3 is 2.42 bits per heavy atom. The van der Waals surface area contributed by atoms with Gasteiger partial charge in [-0.1, -0.05) is 78.9 Å². The highest BCUT2D eigenvalue weighted by Gasteiger charge is 2.36. The molecule has 0 spiro atoms. The molecule has 1 aliphatic heterocycles. The second kappa shape index (κ2) is 7.44. The molecule has 0 bridgehead atoms. The molecule has 10 rings (SSSR count). The van der Waals surface area contributed by atoms with Gasteiger partial charge in [0.05, 0.1) is 22.6 Å². The lowest BCUT2D eigenvalue weighted by Gasteiger charge is -2.21. The van der Waals surface area contributed by atoms with Crippen LogP contribution in [0.2, 0.25) is 0 Å². The molecular weight excluding hydrogens is 506 g/mol. The number of rotatable bonds is 1. The molecule has 8 aromatic rings. The van der Waals surface area contributed by atoms with Crippen LogP contribution in [0.25, 0.3) is 76.7 Å². The van der Waals surface area contributed by atoms with E-state index in [1.54, 1.807) is 0 Å². The maximum atomic E-state index is 5.15. The summed E-state index contributed by atoms with van der Waals surface area (Å²) in [7, 11) is 0. The zero-order valence-corrected chi connectivity index (χ0v) is 22.2. The number of hydrogen-bond acceptors (Lipinski definition) is 3. The maximum Gasteiger partial charge on any atom is 0.161 e.